The molecule has 0 aromatic carbocycles. The smallest absolute Gasteiger partial charge is 0.306 e. The maximum absolute atomic E-state index is 10.5. The van der Waals surface area contributed by atoms with Gasteiger partial charge in [-0.25, -0.2) is 0 Å². The first-order valence-electron chi connectivity index (χ1n) is 3.47. The van der Waals surface area contributed by atoms with E-state index in [0.717, 1.165) is 0 Å². The van der Waals surface area contributed by atoms with Crippen LogP contribution in [0.1, 0.15) is 12.8 Å². The minimum absolute atomic E-state index is 0.143. The number of aliphatic hydroxyl groups excluding tert-OH is 1. The lowest BCUT2D eigenvalue weighted by Crippen LogP contribution is -2.25. The highest BCUT2D eigenvalue weighted by molar-refractivity contribution is 6.39. The van der Waals surface area contributed by atoms with Crippen molar-refractivity contribution in [3.8, 4) is 0 Å². The second-order valence-electron chi connectivity index (χ2n) is 2.74. The average Bonchev–Trinajstić information content (AvgIpc) is 1.99. The number of carboxylic acids is 1. The number of aliphatic hydroxyl groups is 1. The van der Waals surface area contributed by atoms with Gasteiger partial charge in [0.15, 0.2) is 0 Å². The number of aliphatic carboxylic acids is 1. The molecule has 0 aromatic heterocycles. The van der Waals surface area contributed by atoms with E-state index in [-0.39, 0.29) is 22.9 Å². The van der Waals surface area contributed by atoms with E-state index in [2.05, 4.69) is 0 Å². The Bertz CT molecular complexity index is 237. The predicted octanol–water partition coefficient (Wildman–Crippen LogP) is 1.53. The molecular formula is C7H8Cl2O3. The number of carboxylic acid groups (broad SMARTS) is 1. The molecule has 0 radical (unpaired) electrons. The van der Waals surface area contributed by atoms with Crippen LogP contribution in [0.2, 0.25) is 0 Å². The van der Waals surface area contributed by atoms with Gasteiger partial charge in [0.25, 0.3) is 0 Å². The van der Waals surface area contributed by atoms with E-state index in [1.165, 1.54) is 0 Å². The number of allylic oxidation sites excluding steroid dienone is 1. The molecule has 0 amide bonds. The number of hydrogen-bond acceptors (Lipinski definition) is 2. The van der Waals surface area contributed by atoms with Crippen LogP contribution in [0.3, 0.4) is 0 Å². The first kappa shape index (κ1) is 9.84. The van der Waals surface area contributed by atoms with Crippen molar-refractivity contribution in [2.75, 3.05) is 0 Å². The fourth-order valence-corrected chi connectivity index (χ4v) is 1.62. The molecule has 68 valence electrons. The third-order valence-corrected chi connectivity index (χ3v) is 2.77. The quantitative estimate of drug-likeness (QED) is 0.691. The van der Waals surface area contributed by atoms with E-state index in [1.54, 1.807) is 0 Å². The van der Waals surface area contributed by atoms with Crippen molar-refractivity contribution in [3.63, 3.8) is 0 Å². The van der Waals surface area contributed by atoms with Crippen LogP contribution in [0.5, 0.6) is 0 Å². The van der Waals surface area contributed by atoms with Crippen LogP contribution in [0.15, 0.2) is 10.1 Å². The third kappa shape index (κ3) is 1.91. The van der Waals surface area contributed by atoms with Crippen LogP contribution in [0.25, 0.3) is 0 Å². The van der Waals surface area contributed by atoms with Gasteiger partial charge >= 0.3 is 5.97 Å². The van der Waals surface area contributed by atoms with Crippen LogP contribution in [0.4, 0.5) is 0 Å². The number of halogens is 2. The zero-order valence-corrected chi connectivity index (χ0v) is 7.64. The highest BCUT2D eigenvalue weighted by atomic mass is 35.5. The van der Waals surface area contributed by atoms with Crippen molar-refractivity contribution in [2.45, 2.75) is 18.9 Å². The molecule has 0 saturated heterocycles. The number of hydrogen-bond donors (Lipinski definition) is 2. The molecule has 2 atom stereocenters. The summed E-state index contributed by atoms with van der Waals surface area (Å²) in [4.78, 5) is 10.5. The maximum atomic E-state index is 10.5. The summed E-state index contributed by atoms with van der Waals surface area (Å²) in [6.07, 6.45) is -0.564. The second kappa shape index (κ2) is 3.64. The van der Waals surface area contributed by atoms with Crippen LogP contribution in [-0.2, 0) is 4.79 Å². The van der Waals surface area contributed by atoms with Crippen molar-refractivity contribution < 1.29 is 15.0 Å². The van der Waals surface area contributed by atoms with Gasteiger partial charge in [0.2, 0.25) is 0 Å². The largest absolute Gasteiger partial charge is 0.481 e. The van der Waals surface area contributed by atoms with Crippen LogP contribution in [0, 0.1) is 5.92 Å². The molecule has 0 aromatic rings. The maximum Gasteiger partial charge on any atom is 0.306 e. The molecule has 5 heteroatoms. The van der Waals surface area contributed by atoms with Gasteiger partial charge in [-0.1, -0.05) is 23.2 Å². The van der Waals surface area contributed by atoms with Crippen molar-refractivity contribution in [3.05, 3.63) is 10.1 Å². The van der Waals surface area contributed by atoms with Crippen LogP contribution in [-0.4, -0.2) is 22.3 Å². The van der Waals surface area contributed by atoms with E-state index in [0.29, 0.717) is 0 Å². The van der Waals surface area contributed by atoms with E-state index in [1.807, 2.05) is 0 Å². The van der Waals surface area contributed by atoms with E-state index in [4.69, 9.17) is 28.3 Å². The topological polar surface area (TPSA) is 57.5 Å². The molecule has 0 saturated carbocycles. The Labute approximate surface area is 79.6 Å². The van der Waals surface area contributed by atoms with Gasteiger partial charge in [0.05, 0.1) is 17.1 Å². The average molecular weight is 211 g/mol. The van der Waals surface area contributed by atoms with Gasteiger partial charge in [-0.05, 0) is 12.8 Å². The summed E-state index contributed by atoms with van der Waals surface area (Å²) in [6, 6.07) is 0. The Morgan fingerprint density at radius 1 is 1.50 bits per heavy atom. The van der Waals surface area contributed by atoms with Gasteiger partial charge in [0.1, 0.15) is 0 Å². The molecule has 1 aliphatic rings. The summed E-state index contributed by atoms with van der Waals surface area (Å²) in [5.74, 6) is -1.56. The molecular weight excluding hydrogens is 203 g/mol. The van der Waals surface area contributed by atoms with Gasteiger partial charge in [-0.3, -0.25) is 4.79 Å². The van der Waals surface area contributed by atoms with Crippen LogP contribution < -0.4 is 0 Å². The predicted molar refractivity (Wildman–Crippen MR) is 45.1 cm³/mol. The lowest BCUT2D eigenvalue weighted by molar-refractivity contribution is -0.142. The summed E-state index contributed by atoms with van der Waals surface area (Å²) < 4.78 is 0. The first-order valence-corrected chi connectivity index (χ1v) is 4.23. The Hall–Kier alpha value is -0.250. The van der Waals surface area contributed by atoms with Gasteiger partial charge in [-0.15, -0.1) is 0 Å². The number of carbonyl (C=O) groups is 1. The minimum atomic E-state index is -0.948. The fourth-order valence-electron chi connectivity index (χ4n) is 1.14. The Morgan fingerprint density at radius 2 is 2.08 bits per heavy atom. The van der Waals surface area contributed by atoms with E-state index >= 15 is 0 Å². The lowest BCUT2D eigenvalue weighted by atomic mass is 9.92. The standard InChI is InChI=1S/C7H8Cl2O3/c8-4-1-3(7(11)12)2-5(10)6(4)9/h3,5,10H,1-2H2,(H,11,12). The molecule has 0 fully saturated rings. The zero-order chi connectivity index (χ0) is 9.30. The Balaban J connectivity index is 2.78. The molecule has 2 unspecified atom stereocenters. The van der Waals surface area contributed by atoms with E-state index in [9.17, 15) is 9.90 Å². The Kier molecular flexibility index (Phi) is 2.99. The van der Waals surface area contributed by atoms with Crippen molar-refractivity contribution in [1.82, 2.24) is 0 Å². The highest BCUT2D eigenvalue weighted by Gasteiger charge is 2.30. The molecule has 0 heterocycles. The summed E-state index contributed by atoms with van der Waals surface area (Å²) >= 11 is 11.2. The molecule has 2 N–H and O–H groups in total. The van der Waals surface area contributed by atoms with Crippen molar-refractivity contribution in [1.29, 1.82) is 0 Å². The third-order valence-electron chi connectivity index (χ3n) is 1.83. The van der Waals surface area contributed by atoms with E-state index < -0.39 is 18.0 Å². The lowest BCUT2D eigenvalue weighted by Gasteiger charge is -2.22. The van der Waals surface area contributed by atoms with Gasteiger partial charge < -0.3 is 10.2 Å². The van der Waals surface area contributed by atoms with Gasteiger partial charge in [0, 0.05) is 5.03 Å². The molecule has 0 bridgehead atoms. The molecule has 1 aliphatic carbocycles. The minimum Gasteiger partial charge on any atom is -0.481 e. The Morgan fingerprint density at radius 3 is 2.50 bits per heavy atom. The molecule has 12 heavy (non-hydrogen) atoms. The summed E-state index contributed by atoms with van der Waals surface area (Å²) in [5.41, 5.74) is 0. The summed E-state index contributed by atoms with van der Waals surface area (Å²) in [5, 5.41) is 18.3. The van der Waals surface area contributed by atoms with Crippen molar-refractivity contribution in [2.24, 2.45) is 5.92 Å². The molecule has 0 spiro atoms. The van der Waals surface area contributed by atoms with Crippen LogP contribution >= 0.6 is 23.2 Å². The van der Waals surface area contributed by atoms with Crippen molar-refractivity contribution >= 4 is 29.2 Å². The summed E-state index contributed by atoms with van der Waals surface area (Å²) in [7, 11) is 0. The molecule has 1 rings (SSSR count). The number of rotatable bonds is 1. The highest BCUT2D eigenvalue weighted by Crippen LogP contribution is 2.34. The van der Waals surface area contributed by atoms with Gasteiger partial charge in [-0.2, -0.15) is 0 Å². The zero-order valence-electron chi connectivity index (χ0n) is 6.13. The molecule has 3 nitrogen and oxygen atoms in total. The normalized spacial score (nSPS) is 30.6. The first-order chi connectivity index (χ1) is 5.52. The summed E-state index contributed by atoms with van der Waals surface area (Å²) in [6.45, 7) is 0. The fraction of sp³-hybridized carbons (Fsp3) is 0.571. The second-order valence-corrected chi connectivity index (χ2v) is 3.61. The molecule has 0 aliphatic heterocycles. The monoisotopic (exact) mass is 210 g/mol. The SMILES string of the molecule is O=C(O)C1CC(Cl)=C(Cl)C(O)C1.